The Labute approximate surface area is 125 Å². The van der Waals surface area contributed by atoms with E-state index >= 15 is 0 Å². The highest BCUT2D eigenvalue weighted by Crippen LogP contribution is 2.25. The number of hydrogen-bond acceptors (Lipinski definition) is 3. The molecule has 2 N–H and O–H groups in total. The van der Waals surface area contributed by atoms with Crippen LogP contribution in [0.2, 0.25) is 0 Å². The van der Waals surface area contributed by atoms with Crippen LogP contribution in [0.25, 0.3) is 0 Å². The van der Waals surface area contributed by atoms with Crippen LogP contribution in [-0.4, -0.2) is 37.2 Å². The van der Waals surface area contributed by atoms with E-state index in [0.29, 0.717) is 6.42 Å². The lowest BCUT2D eigenvalue weighted by Gasteiger charge is -2.39. The summed E-state index contributed by atoms with van der Waals surface area (Å²) in [7, 11) is 1.73. The molecule has 0 radical (unpaired) electrons. The van der Waals surface area contributed by atoms with E-state index in [-0.39, 0.29) is 11.2 Å². The molecule has 0 spiro atoms. The summed E-state index contributed by atoms with van der Waals surface area (Å²) < 4.78 is 32.5. The average molecular weight is 298 g/mol. The van der Waals surface area contributed by atoms with Gasteiger partial charge in [-0.05, 0) is 38.8 Å². The zero-order chi connectivity index (χ0) is 15.5. The Morgan fingerprint density at radius 2 is 2.19 bits per heavy atom. The van der Waals surface area contributed by atoms with Crippen molar-refractivity contribution in [3.05, 3.63) is 35.4 Å². The highest BCUT2D eigenvalue weighted by Gasteiger charge is 2.30. The summed E-state index contributed by atoms with van der Waals surface area (Å²) >= 11 is 0. The molecule has 1 aromatic rings. The first kappa shape index (κ1) is 16.3. The van der Waals surface area contributed by atoms with Gasteiger partial charge in [0.1, 0.15) is 0 Å². The number of nitrogens with two attached hydrogens (primary N) is 1. The number of benzene rings is 1. The summed E-state index contributed by atoms with van der Waals surface area (Å²) in [5.74, 6) is -1.67. The van der Waals surface area contributed by atoms with E-state index in [4.69, 9.17) is 10.5 Å². The van der Waals surface area contributed by atoms with Crippen LogP contribution < -0.4 is 5.73 Å². The normalized spacial score (nSPS) is 25.0. The molecule has 118 valence electrons. The Bertz CT molecular complexity index is 483. The molecular formula is C16H24F2N2O. The zero-order valence-corrected chi connectivity index (χ0v) is 12.7. The molecule has 2 rings (SSSR count). The third-order valence-corrected chi connectivity index (χ3v) is 4.37. The first-order chi connectivity index (χ1) is 9.95. The number of nitrogens with zero attached hydrogens (tertiary/aromatic N) is 1. The van der Waals surface area contributed by atoms with Gasteiger partial charge in [0, 0.05) is 31.8 Å². The standard InChI is InChI=1S/C16H24F2N2O/c1-16(21-2)8-4-9-20(11-16)10-7-14(19)12-5-3-6-13(17)15(12)18/h3,5-6,14H,4,7-11,19H2,1-2H3. The summed E-state index contributed by atoms with van der Waals surface area (Å²) in [4.78, 5) is 2.28. The molecule has 1 aliphatic heterocycles. The quantitative estimate of drug-likeness (QED) is 0.908. The molecule has 5 heteroatoms. The Morgan fingerprint density at radius 1 is 1.43 bits per heavy atom. The average Bonchev–Trinajstić information content (AvgIpc) is 2.48. The Hall–Kier alpha value is -1.04. The molecule has 2 unspecified atom stereocenters. The fourth-order valence-electron chi connectivity index (χ4n) is 2.95. The minimum atomic E-state index is -0.840. The van der Waals surface area contributed by atoms with Crippen molar-refractivity contribution in [2.24, 2.45) is 5.73 Å². The molecule has 0 aromatic heterocycles. The molecule has 1 fully saturated rings. The molecule has 3 nitrogen and oxygen atoms in total. The van der Waals surface area contributed by atoms with Crippen molar-refractivity contribution < 1.29 is 13.5 Å². The largest absolute Gasteiger partial charge is 0.377 e. The van der Waals surface area contributed by atoms with E-state index in [1.165, 1.54) is 6.07 Å². The van der Waals surface area contributed by atoms with Crippen molar-refractivity contribution in [1.82, 2.24) is 4.90 Å². The van der Waals surface area contributed by atoms with Gasteiger partial charge in [0.05, 0.1) is 5.60 Å². The van der Waals surface area contributed by atoms with Crippen LogP contribution >= 0.6 is 0 Å². The van der Waals surface area contributed by atoms with E-state index in [2.05, 4.69) is 11.8 Å². The lowest BCUT2D eigenvalue weighted by atomic mass is 9.94. The van der Waals surface area contributed by atoms with Crippen LogP contribution in [0.1, 0.15) is 37.8 Å². The topological polar surface area (TPSA) is 38.5 Å². The van der Waals surface area contributed by atoms with Gasteiger partial charge in [0.25, 0.3) is 0 Å². The number of hydrogen-bond donors (Lipinski definition) is 1. The van der Waals surface area contributed by atoms with Gasteiger partial charge in [-0.1, -0.05) is 12.1 Å². The second-order valence-electron chi connectivity index (χ2n) is 6.07. The number of ether oxygens (including phenoxy) is 1. The minimum absolute atomic E-state index is 0.119. The fourth-order valence-corrected chi connectivity index (χ4v) is 2.95. The van der Waals surface area contributed by atoms with Crippen LogP contribution in [0.4, 0.5) is 8.78 Å². The van der Waals surface area contributed by atoms with Gasteiger partial charge < -0.3 is 15.4 Å². The van der Waals surface area contributed by atoms with Crippen molar-refractivity contribution in [3.63, 3.8) is 0 Å². The third kappa shape index (κ3) is 3.99. The van der Waals surface area contributed by atoms with Crippen molar-refractivity contribution in [2.45, 2.75) is 37.8 Å². The number of likely N-dealkylation sites (tertiary alicyclic amines) is 1. The van der Waals surface area contributed by atoms with Gasteiger partial charge >= 0.3 is 0 Å². The molecule has 0 bridgehead atoms. The Morgan fingerprint density at radius 3 is 2.90 bits per heavy atom. The van der Waals surface area contributed by atoms with Gasteiger partial charge in [-0.15, -0.1) is 0 Å². The maximum atomic E-state index is 13.7. The number of halogens is 2. The fraction of sp³-hybridized carbons (Fsp3) is 0.625. The molecule has 1 aliphatic rings. The van der Waals surface area contributed by atoms with Crippen LogP contribution in [0.15, 0.2) is 18.2 Å². The zero-order valence-electron chi connectivity index (χ0n) is 12.7. The number of rotatable bonds is 5. The van der Waals surface area contributed by atoms with E-state index in [1.54, 1.807) is 13.2 Å². The van der Waals surface area contributed by atoms with Crippen molar-refractivity contribution in [2.75, 3.05) is 26.7 Å². The molecule has 1 heterocycles. The first-order valence-corrected chi connectivity index (χ1v) is 7.42. The molecule has 21 heavy (non-hydrogen) atoms. The lowest BCUT2D eigenvalue weighted by Crippen LogP contribution is -2.47. The monoisotopic (exact) mass is 298 g/mol. The highest BCUT2D eigenvalue weighted by molar-refractivity contribution is 5.22. The molecular weight excluding hydrogens is 274 g/mol. The van der Waals surface area contributed by atoms with Crippen LogP contribution in [0.3, 0.4) is 0 Å². The SMILES string of the molecule is COC1(C)CCCN(CCC(N)c2cccc(F)c2F)C1. The summed E-state index contributed by atoms with van der Waals surface area (Å²) in [5, 5.41) is 0. The predicted molar refractivity (Wildman–Crippen MR) is 79.0 cm³/mol. The van der Waals surface area contributed by atoms with Gasteiger partial charge in [-0.3, -0.25) is 0 Å². The molecule has 0 aliphatic carbocycles. The second kappa shape index (κ2) is 6.81. The molecule has 1 saturated heterocycles. The predicted octanol–water partition coefficient (Wildman–Crippen LogP) is 2.86. The van der Waals surface area contributed by atoms with Gasteiger partial charge in [0.2, 0.25) is 0 Å². The van der Waals surface area contributed by atoms with Crippen LogP contribution in [-0.2, 0) is 4.74 Å². The maximum Gasteiger partial charge on any atom is 0.163 e. The first-order valence-electron chi connectivity index (χ1n) is 7.42. The number of piperidine rings is 1. The number of methoxy groups -OCH3 is 1. The maximum absolute atomic E-state index is 13.7. The van der Waals surface area contributed by atoms with Crippen molar-refractivity contribution in [3.8, 4) is 0 Å². The summed E-state index contributed by atoms with van der Waals surface area (Å²) in [6, 6.07) is 3.67. The summed E-state index contributed by atoms with van der Waals surface area (Å²) in [6.07, 6.45) is 2.72. The van der Waals surface area contributed by atoms with E-state index in [9.17, 15) is 8.78 Å². The van der Waals surface area contributed by atoms with E-state index in [1.807, 2.05) is 0 Å². The molecule has 2 atom stereocenters. The molecule has 0 saturated carbocycles. The van der Waals surface area contributed by atoms with Crippen molar-refractivity contribution in [1.29, 1.82) is 0 Å². The summed E-state index contributed by atoms with van der Waals surface area (Å²) in [5.41, 5.74) is 6.15. The Balaban J connectivity index is 1.92. The molecule has 1 aromatic carbocycles. The molecule has 0 amide bonds. The van der Waals surface area contributed by atoms with Crippen LogP contribution in [0, 0.1) is 11.6 Å². The van der Waals surface area contributed by atoms with Gasteiger partial charge in [0.15, 0.2) is 11.6 Å². The minimum Gasteiger partial charge on any atom is -0.377 e. The lowest BCUT2D eigenvalue weighted by molar-refractivity contribution is -0.0510. The van der Waals surface area contributed by atoms with Crippen molar-refractivity contribution >= 4 is 0 Å². The summed E-state index contributed by atoms with van der Waals surface area (Å²) in [6.45, 7) is 4.71. The second-order valence-corrected chi connectivity index (χ2v) is 6.07. The van der Waals surface area contributed by atoms with E-state index in [0.717, 1.165) is 38.5 Å². The van der Waals surface area contributed by atoms with Gasteiger partial charge in [-0.25, -0.2) is 8.78 Å². The smallest absolute Gasteiger partial charge is 0.163 e. The van der Waals surface area contributed by atoms with E-state index < -0.39 is 17.7 Å². The highest BCUT2D eigenvalue weighted by atomic mass is 19.2. The third-order valence-electron chi connectivity index (χ3n) is 4.37. The van der Waals surface area contributed by atoms with Gasteiger partial charge in [-0.2, -0.15) is 0 Å². The Kier molecular flexibility index (Phi) is 5.30. The van der Waals surface area contributed by atoms with Crippen LogP contribution in [0.5, 0.6) is 0 Å².